The summed E-state index contributed by atoms with van der Waals surface area (Å²) in [5, 5.41) is 0. The van der Waals surface area contributed by atoms with E-state index in [0.29, 0.717) is 0 Å². The fourth-order valence-corrected chi connectivity index (χ4v) is 2.41. The monoisotopic (exact) mass is 238 g/mol. The summed E-state index contributed by atoms with van der Waals surface area (Å²) in [7, 11) is 0. The molecule has 1 atom stereocenters. The molecule has 1 unspecified atom stereocenters. The van der Waals surface area contributed by atoms with Crippen LogP contribution >= 0.6 is 0 Å². The minimum atomic E-state index is 0.145. The number of rotatable bonds is 3. The predicted molar refractivity (Wildman–Crippen MR) is 69.9 cm³/mol. The van der Waals surface area contributed by atoms with Crippen LogP contribution in [0.15, 0.2) is 48.5 Å². The number of carbonyl (C=O) groups is 1. The highest BCUT2D eigenvalue weighted by Gasteiger charge is 2.21. The van der Waals surface area contributed by atoms with Gasteiger partial charge in [-0.2, -0.15) is 0 Å². The van der Waals surface area contributed by atoms with Gasteiger partial charge in [0.15, 0.2) is 0 Å². The van der Waals surface area contributed by atoms with Crippen LogP contribution in [0, 0.1) is 5.92 Å². The second-order valence-corrected chi connectivity index (χ2v) is 4.65. The molecule has 2 heteroatoms. The first kappa shape index (κ1) is 11.0. The third kappa shape index (κ3) is 2.14. The van der Waals surface area contributed by atoms with Crippen molar-refractivity contribution in [1.82, 2.24) is 0 Å². The summed E-state index contributed by atoms with van der Waals surface area (Å²) in [5.74, 6) is 1.82. The van der Waals surface area contributed by atoms with Crippen LogP contribution in [0.4, 0.5) is 0 Å². The van der Waals surface area contributed by atoms with Gasteiger partial charge in [-0.1, -0.05) is 24.3 Å². The molecule has 1 aliphatic rings. The Labute approximate surface area is 106 Å². The Morgan fingerprint density at radius 2 is 1.72 bits per heavy atom. The number of hydrogen-bond acceptors (Lipinski definition) is 2. The number of aldehydes is 1. The maximum atomic E-state index is 10.8. The molecular formula is C16H14O2. The van der Waals surface area contributed by atoms with E-state index in [1.165, 1.54) is 11.1 Å². The van der Waals surface area contributed by atoms with Crippen LogP contribution in [0.1, 0.15) is 11.1 Å². The lowest BCUT2D eigenvalue weighted by molar-refractivity contribution is -0.110. The molecule has 0 saturated heterocycles. The van der Waals surface area contributed by atoms with E-state index >= 15 is 0 Å². The molecule has 0 spiro atoms. The normalized spacial score (nSPS) is 17.2. The average Bonchev–Trinajstić information content (AvgIpc) is 2.82. The molecular weight excluding hydrogens is 224 g/mol. The van der Waals surface area contributed by atoms with Gasteiger partial charge in [0, 0.05) is 5.92 Å². The summed E-state index contributed by atoms with van der Waals surface area (Å²) in [4.78, 5) is 10.8. The number of carbonyl (C=O) groups excluding carboxylic acids is 1. The maximum absolute atomic E-state index is 10.8. The number of hydrogen-bond donors (Lipinski definition) is 0. The van der Waals surface area contributed by atoms with E-state index in [2.05, 4.69) is 6.07 Å². The highest BCUT2D eigenvalue weighted by atomic mass is 16.5. The zero-order valence-electron chi connectivity index (χ0n) is 10.0. The Kier molecular flexibility index (Phi) is 2.85. The van der Waals surface area contributed by atoms with E-state index in [0.717, 1.165) is 30.6 Å². The van der Waals surface area contributed by atoms with Crippen molar-refractivity contribution in [1.29, 1.82) is 0 Å². The highest BCUT2D eigenvalue weighted by molar-refractivity contribution is 5.58. The smallest absolute Gasteiger partial charge is 0.127 e. The van der Waals surface area contributed by atoms with Gasteiger partial charge in [-0.15, -0.1) is 0 Å². The summed E-state index contributed by atoms with van der Waals surface area (Å²) in [6.45, 7) is 0. The van der Waals surface area contributed by atoms with Crippen molar-refractivity contribution in [3.8, 4) is 11.5 Å². The van der Waals surface area contributed by atoms with E-state index < -0.39 is 0 Å². The summed E-state index contributed by atoms with van der Waals surface area (Å²) >= 11 is 0. The van der Waals surface area contributed by atoms with Gasteiger partial charge in [-0.25, -0.2) is 0 Å². The van der Waals surface area contributed by atoms with Gasteiger partial charge in [0.25, 0.3) is 0 Å². The van der Waals surface area contributed by atoms with Crippen LogP contribution in [0.2, 0.25) is 0 Å². The molecule has 0 N–H and O–H groups in total. The zero-order chi connectivity index (χ0) is 12.4. The molecule has 18 heavy (non-hydrogen) atoms. The van der Waals surface area contributed by atoms with E-state index in [-0.39, 0.29) is 5.92 Å². The second-order valence-electron chi connectivity index (χ2n) is 4.65. The van der Waals surface area contributed by atoms with Gasteiger partial charge in [0.2, 0.25) is 0 Å². The summed E-state index contributed by atoms with van der Waals surface area (Å²) in [5.41, 5.74) is 2.51. The first-order valence-corrected chi connectivity index (χ1v) is 6.15. The molecule has 0 heterocycles. The quantitative estimate of drug-likeness (QED) is 0.766. The first-order chi connectivity index (χ1) is 8.85. The fourth-order valence-electron chi connectivity index (χ4n) is 2.41. The summed E-state index contributed by atoms with van der Waals surface area (Å²) in [6.07, 6.45) is 2.76. The van der Waals surface area contributed by atoms with Crippen LogP contribution in [0.5, 0.6) is 11.5 Å². The molecule has 0 saturated carbocycles. The molecule has 0 fully saturated rings. The lowest BCUT2D eigenvalue weighted by Crippen LogP contribution is -1.99. The van der Waals surface area contributed by atoms with Crippen molar-refractivity contribution < 1.29 is 9.53 Å². The second kappa shape index (κ2) is 4.65. The molecule has 1 aliphatic carbocycles. The Balaban J connectivity index is 1.82. The third-order valence-electron chi connectivity index (χ3n) is 3.31. The van der Waals surface area contributed by atoms with Crippen LogP contribution in [0.3, 0.4) is 0 Å². The fraction of sp³-hybridized carbons (Fsp3) is 0.188. The number of ether oxygens (including phenoxy) is 1. The largest absolute Gasteiger partial charge is 0.457 e. The summed E-state index contributed by atoms with van der Waals surface area (Å²) in [6, 6.07) is 15.8. The topological polar surface area (TPSA) is 26.3 Å². The van der Waals surface area contributed by atoms with Crippen molar-refractivity contribution in [2.75, 3.05) is 0 Å². The zero-order valence-corrected chi connectivity index (χ0v) is 10.0. The van der Waals surface area contributed by atoms with Crippen molar-refractivity contribution in [2.24, 2.45) is 5.92 Å². The minimum absolute atomic E-state index is 0.145. The van der Waals surface area contributed by atoms with Gasteiger partial charge in [-0.3, -0.25) is 0 Å². The minimum Gasteiger partial charge on any atom is -0.457 e. The van der Waals surface area contributed by atoms with Gasteiger partial charge in [-0.05, 0) is 48.2 Å². The molecule has 0 aliphatic heterocycles. The van der Waals surface area contributed by atoms with Crippen molar-refractivity contribution in [3.63, 3.8) is 0 Å². The number of benzene rings is 2. The van der Waals surface area contributed by atoms with Gasteiger partial charge < -0.3 is 9.53 Å². The van der Waals surface area contributed by atoms with Crippen molar-refractivity contribution in [3.05, 3.63) is 59.7 Å². The Bertz CT molecular complexity index is 561. The van der Waals surface area contributed by atoms with Crippen molar-refractivity contribution >= 4 is 6.29 Å². The van der Waals surface area contributed by atoms with Gasteiger partial charge in [0.1, 0.15) is 17.8 Å². The Hall–Kier alpha value is -2.09. The predicted octanol–water partition coefficient (Wildman–Crippen LogP) is 3.39. The summed E-state index contributed by atoms with van der Waals surface area (Å²) < 4.78 is 5.78. The standard InChI is InChI=1S/C16H14O2/c17-11-12-8-13-6-7-16(10-14(13)9-12)18-15-4-2-1-3-5-15/h1-7,10-12H,8-9H2. The van der Waals surface area contributed by atoms with Crippen LogP contribution < -0.4 is 4.74 Å². The van der Waals surface area contributed by atoms with E-state index in [4.69, 9.17) is 4.74 Å². The van der Waals surface area contributed by atoms with E-state index in [9.17, 15) is 4.79 Å². The van der Waals surface area contributed by atoms with Crippen LogP contribution in [-0.2, 0) is 17.6 Å². The molecule has 3 rings (SSSR count). The Morgan fingerprint density at radius 3 is 2.50 bits per heavy atom. The number of para-hydroxylation sites is 1. The molecule has 2 nitrogen and oxygen atoms in total. The number of fused-ring (bicyclic) bond motifs is 1. The Morgan fingerprint density at radius 1 is 0.944 bits per heavy atom. The van der Waals surface area contributed by atoms with E-state index in [1.807, 2.05) is 42.5 Å². The highest BCUT2D eigenvalue weighted by Crippen LogP contribution is 2.30. The van der Waals surface area contributed by atoms with Gasteiger partial charge in [0.05, 0.1) is 0 Å². The molecule has 0 amide bonds. The molecule has 0 radical (unpaired) electrons. The molecule has 2 aromatic carbocycles. The third-order valence-corrected chi connectivity index (χ3v) is 3.31. The molecule has 2 aromatic rings. The molecule has 90 valence electrons. The van der Waals surface area contributed by atoms with Crippen molar-refractivity contribution in [2.45, 2.75) is 12.8 Å². The maximum Gasteiger partial charge on any atom is 0.127 e. The van der Waals surface area contributed by atoms with E-state index in [1.54, 1.807) is 0 Å². The van der Waals surface area contributed by atoms with Crippen LogP contribution in [0.25, 0.3) is 0 Å². The van der Waals surface area contributed by atoms with Gasteiger partial charge >= 0.3 is 0 Å². The molecule has 0 bridgehead atoms. The average molecular weight is 238 g/mol. The molecule has 0 aromatic heterocycles. The SMILES string of the molecule is O=CC1Cc2ccc(Oc3ccccc3)cc2C1. The van der Waals surface area contributed by atoms with Crippen LogP contribution in [-0.4, -0.2) is 6.29 Å². The lowest BCUT2D eigenvalue weighted by atomic mass is 10.1. The first-order valence-electron chi connectivity index (χ1n) is 6.15. The lowest BCUT2D eigenvalue weighted by Gasteiger charge is -2.07.